The van der Waals surface area contributed by atoms with Crippen LogP contribution in [0.2, 0.25) is 0 Å². The zero-order valence-corrected chi connectivity index (χ0v) is 13.8. The lowest BCUT2D eigenvalue weighted by Gasteiger charge is -2.04. The number of rotatable bonds is 5. The number of halogens is 2. The number of benzene rings is 2. The zero-order valence-electron chi connectivity index (χ0n) is 13.8. The van der Waals surface area contributed by atoms with Crippen molar-refractivity contribution in [3.8, 4) is 11.8 Å². The summed E-state index contributed by atoms with van der Waals surface area (Å²) in [5.41, 5.74) is 2.44. The van der Waals surface area contributed by atoms with E-state index < -0.39 is 12.4 Å². The van der Waals surface area contributed by atoms with E-state index >= 15 is 0 Å². The molecule has 1 heterocycles. The van der Waals surface area contributed by atoms with Crippen LogP contribution in [0.5, 0.6) is 5.75 Å². The molecule has 6 heteroatoms. The Morgan fingerprint density at radius 2 is 1.88 bits per heavy atom. The van der Waals surface area contributed by atoms with Gasteiger partial charge in [-0.15, -0.1) is 0 Å². The molecular formula is C20H14F2N2O2. The first kappa shape index (κ1) is 17.4. The zero-order chi connectivity index (χ0) is 18.7. The number of hydrogen-bond donors (Lipinski definition) is 1. The lowest BCUT2D eigenvalue weighted by atomic mass is 9.99. The van der Waals surface area contributed by atoms with Crippen molar-refractivity contribution in [1.29, 1.82) is 5.26 Å². The summed E-state index contributed by atoms with van der Waals surface area (Å²) < 4.78 is 28.7. The normalized spacial score (nSPS) is 11.6. The van der Waals surface area contributed by atoms with Crippen LogP contribution in [0.1, 0.15) is 21.6 Å². The standard InChI is InChI=1S/C20H14F2N2O2/c1-12-18(16-4-2-3-5-17(16)24-12)19(25)14(11-23)10-13-6-8-15(9-7-13)26-20(21)22/h2-10,20,24H,1H3/b14-10+. The van der Waals surface area contributed by atoms with Crippen molar-refractivity contribution in [1.82, 2.24) is 4.98 Å². The molecule has 0 saturated carbocycles. The van der Waals surface area contributed by atoms with Gasteiger partial charge in [0.05, 0.1) is 5.56 Å². The van der Waals surface area contributed by atoms with Crippen molar-refractivity contribution in [2.45, 2.75) is 13.5 Å². The van der Waals surface area contributed by atoms with Gasteiger partial charge in [-0.05, 0) is 36.8 Å². The number of carbonyl (C=O) groups is 1. The Kier molecular flexibility index (Phi) is 4.81. The minimum Gasteiger partial charge on any atom is -0.435 e. The molecule has 0 radical (unpaired) electrons. The highest BCUT2D eigenvalue weighted by Gasteiger charge is 2.19. The van der Waals surface area contributed by atoms with E-state index in [1.807, 2.05) is 30.3 Å². The molecule has 0 bridgehead atoms. The number of nitrogens with zero attached hydrogens (tertiary/aromatic N) is 1. The molecule has 0 aliphatic heterocycles. The first-order valence-corrected chi connectivity index (χ1v) is 7.78. The number of H-pyrrole nitrogens is 1. The fourth-order valence-electron chi connectivity index (χ4n) is 2.76. The van der Waals surface area contributed by atoms with Crippen LogP contribution in [0.15, 0.2) is 54.1 Å². The van der Waals surface area contributed by atoms with Crippen molar-refractivity contribution < 1.29 is 18.3 Å². The van der Waals surface area contributed by atoms with Gasteiger partial charge in [0.25, 0.3) is 0 Å². The van der Waals surface area contributed by atoms with E-state index in [4.69, 9.17) is 0 Å². The van der Waals surface area contributed by atoms with Crippen molar-refractivity contribution in [3.63, 3.8) is 0 Å². The van der Waals surface area contributed by atoms with Gasteiger partial charge in [0.2, 0.25) is 5.78 Å². The van der Waals surface area contributed by atoms with Crippen molar-refractivity contribution >= 4 is 22.8 Å². The Balaban J connectivity index is 1.95. The fraction of sp³-hybridized carbons (Fsp3) is 0.100. The van der Waals surface area contributed by atoms with E-state index in [9.17, 15) is 18.8 Å². The topological polar surface area (TPSA) is 65.9 Å². The molecule has 4 nitrogen and oxygen atoms in total. The molecule has 0 aliphatic carbocycles. The summed E-state index contributed by atoms with van der Waals surface area (Å²) in [4.78, 5) is 16.0. The molecule has 130 valence electrons. The number of ketones is 1. The summed E-state index contributed by atoms with van der Waals surface area (Å²) in [5, 5.41) is 10.2. The number of ether oxygens (including phenoxy) is 1. The van der Waals surface area contributed by atoms with Crippen LogP contribution in [-0.2, 0) is 0 Å². The lowest BCUT2D eigenvalue weighted by Crippen LogP contribution is -2.03. The molecule has 3 aromatic rings. The second-order valence-electron chi connectivity index (χ2n) is 5.62. The third-order valence-electron chi connectivity index (χ3n) is 3.90. The Hall–Kier alpha value is -3.46. The number of para-hydroxylation sites is 1. The van der Waals surface area contributed by atoms with Crippen LogP contribution in [-0.4, -0.2) is 17.4 Å². The maximum absolute atomic E-state index is 12.9. The third-order valence-corrected chi connectivity index (χ3v) is 3.90. The summed E-state index contributed by atoms with van der Waals surface area (Å²) in [6.07, 6.45) is 1.43. The highest BCUT2D eigenvalue weighted by molar-refractivity contribution is 6.20. The number of aromatic amines is 1. The van der Waals surface area contributed by atoms with Gasteiger partial charge in [0.1, 0.15) is 17.4 Å². The predicted octanol–water partition coefficient (Wildman–Crippen LogP) is 4.87. The van der Waals surface area contributed by atoms with E-state index in [2.05, 4.69) is 9.72 Å². The second-order valence-corrected chi connectivity index (χ2v) is 5.62. The van der Waals surface area contributed by atoms with Gasteiger partial charge in [0.15, 0.2) is 0 Å². The first-order valence-electron chi connectivity index (χ1n) is 7.78. The number of fused-ring (bicyclic) bond motifs is 1. The molecule has 1 N–H and O–H groups in total. The highest BCUT2D eigenvalue weighted by Crippen LogP contribution is 2.25. The van der Waals surface area contributed by atoms with E-state index in [1.54, 1.807) is 6.92 Å². The largest absolute Gasteiger partial charge is 0.435 e. The quantitative estimate of drug-likeness (QED) is 0.405. The van der Waals surface area contributed by atoms with Crippen molar-refractivity contribution in [2.75, 3.05) is 0 Å². The van der Waals surface area contributed by atoms with Gasteiger partial charge in [-0.25, -0.2) is 0 Å². The van der Waals surface area contributed by atoms with Crippen LogP contribution in [0.4, 0.5) is 8.78 Å². The van der Waals surface area contributed by atoms with Gasteiger partial charge in [-0.3, -0.25) is 4.79 Å². The number of nitrogens with one attached hydrogen (secondary N) is 1. The molecule has 0 saturated heterocycles. The number of hydrogen-bond acceptors (Lipinski definition) is 3. The average Bonchev–Trinajstić information content (AvgIpc) is 2.95. The second kappa shape index (κ2) is 7.19. The van der Waals surface area contributed by atoms with Gasteiger partial charge in [0, 0.05) is 16.6 Å². The smallest absolute Gasteiger partial charge is 0.387 e. The van der Waals surface area contributed by atoms with E-state index in [0.29, 0.717) is 16.8 Å². The number of allylic oxidation sites excluding steroid dienone is 1. The number of aryl methyl sites for hydroxylation is 1. The van der Waals surface area contributed by atoms with Crippen molar-refractivity contribution in [2.24, 2.45) is 0 Å². The number of alkyl halides is 2. The van der Waals surface area contributed by atoms with Crippen LogP contribution in [0.3, 0.4) is 0 Å². The predicted molar refractivity (Wildman–Crippen MR) is 94.0 cm³/mol. The molecule has 1 aromatic heterocycles. The minimum atomic E-state index is -2.91. The van der Waals surface area contributed by atoms with Crippen molar-refractivity contribution in [3.05, 3.63) is 70.9 Å². The monoisotopic (exact) mass is 352 g/mol. The van der Waals surface area contributed by atoms with Crippen LogP contribution < -0.4 is 4.74 Å². The number of nitriles is 1. The minimum absolute atomic E-state index is 0.00876. The molecule has 0 atom stereocenters. The van der Waals surface area contributed by atoms with Crippen LogP contribution in [0.25, 0.3) is 17.0 Å². The first-order chi connectivity index (χ1) is 12.5. The summed E-state index contributed by atoms with van der Waals surface area (Å²) >= 11 is 0. The summed E-state index contributed by atoms with van der Waals surface area (Å²) in [7, 11) is 0. The van der Waals surface area contributed by atoms with Crippen LogP contribution in [0, 0.1) is 18.3 Å². The SMILES string of the molecule is Cc1[nH]c2ccccc2c1C(=O)/C(C#N)=C/c1ccc(OC(F)F)cc1. The molecule has 0 aliphatic rings. The summed E-state index contributed by atoms with van der Waals surface area (Å²) in [5.74, 6) is -0.384. The van der Waals surface area contributed by atoms with E-state index in [-0.39, 0.29) is 11.3 Å². The average molecular weight is 352 g/mol. The third kappa shape index (κ3) is 3.47. The molecule has 0 unspecified atom stereocenters. The van der Waals surface area contributed by atoms with E-state index in [0.717, 1.165) is 10.9 Å². The van der Waals surface area contributed by atoms with Crippen LogP contribution >= 0.6 is 0 Å². The number of aromatic nitrogens is 1. The van der Waals surface area contributed by atoms with Gasteiger partial charge < -0.3 is 9.72 Å². The Morgan fingerprint density at radius 3 is 2.54 bits per heavy atom. The van der Waals surface area contributed by atoms with E-state index in [1.165, 1.54) is 30.3 Å². The Morgan fingerprint density at radius 1 is 1.19 bits per heavy atom. The summed E-state index contributed by atoms with van der Waals surface area (Å²) in [6, 6.07) is 15.0. The fourth-order valence-corrected chi connectivity index (χ4v) is 2.76. The molecule has 3 rings (SSSR count). The molecule has 0 spiro atoms. The number of carbonyl (C=O) groups excluding carboxylic acids is 1. The molecular weight excluding hydrogens is 338 g/mol. The Bertz CT molecular complexity index is 1030. The van der Waals surface area contributed by atoms with Gasteiger partial charge in [-0.2, -0.15) is 14.0 Å². The maximum atomic E-state index is 12.9. The molecule has 0 fully saturated rings. The molecule has 26 heavy (non-hydrogen) atoms. The lowest BCUT2D eigenvalue weighted by molar-refractivity contribution is -0.0498. The molecule has 0 amide bonds. The number of Topliss-reactive ketones (excluding diaryl/α,β-unsaturated/α-hetero) is 1. The Labute approximate surface area is 148 Å². The molecule has 2 aromatic carbocycles. The summed E-state index contributed by atoms with van der Waals surface area (Å²) in [6.45, 7) is -1.13. The van der Waals surface area contributed by atoms with Gasteiger partial charge >= 0.3 is 6.61 Å². The highest BCUT2D eigenvalue weighted by atomic mass is 19.3. The van der Waals surface area contributed by atoms with Gasteiger partial charge in [-0.1, -0.05) is 30.3 Å². The maximum Gasteiger partial charge on any atom is 0.387 e.